The summed E-state index contributed by atoms with van der Waals surface area (Å²) in [5.41, 5.74) is 0.620. The van der Waals surface area contributed by atoms with Crippen LogP contribution in [0.4, 0.5) is 5.69 Å². The summed E-state index contributed by atoms with van der Waals surface area (Å²) in [6.45, 7) is 1.33. The van der Waals surface area contributed by atoms with Gasteiger partial charge in [0.25, 0.3) is 0 Å². The molecule has 1 aromatic carbocycles. The normalized spacial score (nSPS) is 17.4. The third-order valence-corrected chi connectivity index (χ3v) is 3.16. The molecule has 21 heavy (non-hydrogen) atoms. The number of carbonyl (C=O) groups is 2. The number of carboxylic acids is 1. The van der Waals surface area contributed by atoms with Gasteiger partial charge in [-0.25, -0.2) is 0 Å². The van der Waals surface area contributed by atoms with Crippen molar-refractivity contribution in [3.63, 3.8) is 0 Å². The molecule has 1 amide bonds. The number of amides is 1. The Morgan fingerprint density at radius 1 is 1.29 bits per heavy atom. The van der Waals surface area contributed by atoms with E-state index >= 15 is 0 Å². The average molecular weight is 293 g/mol. The number of carboxylic acid groups (broad SMARTS) is 1. The number of hydrogen-bond acceptors (Lipinski definition) is 4. The maximum absolute atomic E-state index is 11.5. The average Bonchev–Trinajstić information content (AvgIpc) is 2.98. The van der Waals surface area contributed by atoms with Gasteiger partial charge in [0.2, 0.25) is 5.91 Å². The van der Waals surface area contributed by atoms with Gasteiger partial charge in [0.15, 0.2) is 0 Å². The monoisotopic (exact) mass is 293 g/mol. The third kappa shape index (κ3) is 5.43. The number of rotatable bonds is 7. The predicted octanol–water partition coefficient (Wildman–Crippen LogP) is 2.05. The van der Waals surface area contributed by atoms with Crippen LogP contribution < -0.4 is 10.1 Å². The fourth-order valence-electron chi connectivity index (χ4n) is 2.04. The Morgan fingerprint density at radius 2 is 2.05 bits per heavy atom. The lowest BCUT2D eigenvalue weighted by molar-refractivity contribution is -0.138. The lowest BCUT2D eigenvalue weighted by Gasteiger charge is -2.12. The Bertz CT molecular complexity index is 479. The van der Waals surface area contributed by atoms with Gasteiger partial charge in [0.05, 0.1) is 12.5 Å². The molecule has 1 atom stereocenters. The SMILES string of the molecule is O=C(O)CCC(=O)Nc1ccc(OC[C@H]2CCCO2)cc1. The van der Waals surface area contributed by atoms with Crippen molar-refractivity contribution in [2.24, 2.45) is 0 Å². The molecule has 1 aliphatic rings. The molecule has 0 radical (unpaired) electrons. The molecule has 6 heteroatoms. The number of benzene rings is 1. The van der Waals surface area contributed by atoms with Crippen molar-refractivity contribution in [1.82, 2.24) is 0 Å². The Labute approximate surface area is 123 Å². The number of ether oxygens (including phenoxy) is 2. The largest absolute Gasteiger partial charge is 0.491 e. The molecule has 1 fully saturated rings. The van der Waals surface area contributed by atoms with Crippen molar-refractivity contribution in [1.29, 1.82) is 0 Å². The van der Waals surface area contributed by atoms with E-state index in [-0.39, 0.29) is 24.9 Å². The minimum Gasteiger partial charge on any atom is -0.491 e. The number of hydrogen-bond donors (Lipinski definition) is 2. The van der Waals surface area contributed by atoms with Gasteiger partial charge in [-0.2, -0.15) is 0 Å². The lowest BCUT2D eigenvalue weighted by Crippen LogP contribution is -2.16. The first-order valence-corrected chi connectivity index (χ1v) is 6.99. The van der Waals surface area contributed by atoms with Gasteiger partial charge in [0.1, 0.15) is 12.4 Å². The van der Waals surface area contributed by atoms with E-state index in [1.54, 1.807) is 24.3 Å². The molecule has 6 nitrogen and oxygen atoms in total. The zero-order valence-corrected chi connectivity index (χ0v) is 11.7. The molecule has 0 bridgehead atoms. The van der Waals surface area contributed by atoms with Crippen molar-refractivity contribution < 1.29 is 24.2 Å². The molecule has 0 aromatic heterocycles. The van der Waals surface area contributed by atoms with Crippen LogP contribution in [-0.4, -0.2) is 36.3 Å². The fourth-order valence-corrected chi connectivity index (χ4v) is 2.04. The van der Waals surface area contributed by atoms with Gasteiger partial charge >= 0.3 is 5.97 Å². The van der Waals surface area contributed by atoms with Crippen LogP contribution >= 0.6 is 0 Å². The lowest BCUT2D eigenvalue weighted by atomic mass is 10.2. The summed E-state index contributed by atoms with van der Waals surface area (Å²) in [7, 11) is 0. The second-order valence-electron chi connectivity index (χ2n) is 4.91. The number of anilines is 1. The molecule has 1 heterocycles. The van der Waals surface area contributed by atoms with E-state index in [0.717, 1.165) is 19.4 Å². The summed E-state index contributed by atoms with van der Waals surface area (Å²) < 4.78 is 11.1. The van der Waals surface area contributed by atoms with Crippen molar-refractivity contribution in [2.75, 3.05) is 18.5 Å². The smallest absolute Gasteiger partial charge is 0.303 e. The van der Waals surface area contributed by atoms with E-state index in [1.807, 2.05) is 0 Å². The van der Waals surface area contributed by atoms with E-state index in [2.05, 4.69) is 5.32 Å². The van der Waals surface area contributed by atoms with Gasteiger partial charge in [-0.3, -0.25) is 9.59 Å². The third-order valence-electron chi connectivity index (χ3n) is 3.16. The van der Waals surface area contributed by atoms with Gasteiger partial charge in [0, 0.05) is 18.7 Å². The Balaban J connectivity index is 1.75. The minimum atomic E-state index is -0.983. The van der Waals surface area contributed by atoms with Crippen LogP contribution in [0.5, 0.6) is 5.75 Å². The van der Waals surface area contributed by atoms with Crippen LogP contribution in [0.3, 0.4) is 0 Å². The first-order chi connectivity index (χ1) is 10.1. The minimum absolute atomic E-state index is 0.0351. The van der Waals surface area contributed by atoms with Gasteiger partial charge in [-0.15, -0.1) is 0 Å². The van der Waals surface area contributed by atoms with Crippen LogP contribution in [0.15, 0.2) is 24.3 Å². The summed E-state index contributed by atoms with van der Waals surface area (Å²) in [5, 5.41) is 11.1. The molecule has 114 valence electrons. The first-order valence-electron chi connectivity index (χ1n) is 6.99. The Morgan fingerprint density at radius 3 is 2.67 bits per heavy atom. The molecule has 1 aromatic rings. The van der Waals surface area contributed by atoms with E-state index in [0.29, 0.717) is 18.0 Å². The number of aliphatic carboxylic acids is 1. The van der Waals surface area contributed by atoms with Crippen molar-refractivity contribution in [3.8, 4) is 5.75 Å². The molecule has 0 spiro atoms. The zero-order chi connectivity index (χ0) is 15.1. The standard InChI is InChI=1S/C15H19NO5/c17-14(7-8-15(18)19)16-11-3-5-12(6-4-11)21-10-13-2-1-9-20-13/h3-6,13H,1-2,7-10H2,(H,16,17)(H,18,19)/t13-/m1/s1. The maximum atomic E-state index is 11.5. The summed E-state index contributed by atoms with van der Waals surface area (Å²) in [6.07, 6.45) is 2.06. The van der Waals surface area contributed by atoms with Crippen LogP contribution in [0.2, 0.25) is 0 Å². The summed E-state index contributed by atoms with van der Waals surface area (Å²) in [5.74, 6) is -0.581. The second-order valence-corrected chi connectivity index (χ2v) is 4.91. The van der Waals surface area contributed by atoms with Crippen molar-refractivity contribution in [3.05, 3.63) is 24.3 Å². The van der Waals surface area contributed by atoms with Gasteiger partial charge < -0.3 is 19.9 Å². The molecule has 2 rings (SSSR count). The molecule has 1 aliphatic heterocycles. The van der Waals surface area contributed by atoms with E-state index in [9.17, 15) is 9.59 Å². The molecule has 1 saturated heterocycles. The second kappa shape index (κ2) is 7.64. The Kier molecular flexibility index (Phi) is 5.57. The van der Waals surface area contributed by atoms with Crippen LogP contribution in [0, 0.1) is 0 Å². The quantitative estimate of drug-likeness (QED) is 0.803. The summed E-state index contributed by atoms with van der Waals surface area (Å²) in [4.78, 5) is 21.9. The molecule has 0 saturated carbocycles. The molecule has 0 aliphatic carbocycles. The van der Waals surface area contributed by atoms with Crippen LogP contribution in [0.25, 0.3) is 0 Å². The Hall–Kier alpha value is -2.08. The first kappa shape index (κ1) is 15.3. The fraction of sp³-hybridized carbons (Fsp3) is 0.467. The van der Waals surface area contributed by atoms with Crippen LogP contribution in [0.1, 0.15) is 25.7 Å². The van der Waals surface area contributed by atoms with Gasteiger partial charge in [-0.05, 0) is 37.1 Å². The molecule has 2 N–H and O–H groups in total. The topological polar surface area (TPSA) is 84.9 Å². The number of nitrogens with one attached hydrogen (secondary N) is 1. The maximum Gasteiger partial charge on any atom is 0.303 e. The van der Waals surface area contributed by atoms with E-state index < -0.39 is 5.97 Å². The predicted molar refractivity (Wildman–Crippen MR) is 76.4 cm³/mol. The zero-order valence-electron chi connectivity index (χ0n) is 11.7. The number of carbonyl (C=O) groups excluding carboxylic acids is 1. The van der Waals surface area contributed by atoms with Crippen molar-refractivity contribution in [2.45, 2.75) is 31.8 Å². The molecular formula is C15H19NO5. The molecule has 0 unspecified atom stereocenters. The van der Waals surface area contributed by atoms with Gasteiger partial charge in [-0.1, -0.05) is 0 Å². The van der Waals surface area contributed by atoms with Crippen LogP contribution in [-0.2, 0) is 14.3 Å². The van der Waals surface area contributed by atoms with E-state index in [1.165, 1.54) is 0 Å². The highest BCUT2D eigenvalue weighted by atomic mass is 16.5. The van der Waals surface area contributed by atoms with E-state index in [4.69, 9.17) is 14.6 Å². The summed E-state index contributed by atoms with van der Waals surface area (Å²) in [6, 6.07) is 6.98. The highest BCUT2D eigenvalue weighted by Crippen LogP contribution is 2.18. The van der Waals surface area contributed by atoms with Crippen molar-refractivity contribution >= 4 is 17.6 Å². The molecular weight excluding hydrogens is 274 g/mol. The highest BCUT2D eigenvalue weighted by Gasteiger charge is 2.15. The highest BCUT2D eigenvalue weighted by molar-refractivity contribution is 5.92. The summed E-state index contributed by atoms with van der Waals surface area (Å²) >= 11 is 0.